The Kier molecular flexibility index (Phi) is 5.70. The Morgan fingerprint density at radius 3 is 2.95 bits per heavy atom. The maximum atomic E-state index is 9.08. The molecule has 1 saturated heterocycles. The van der Waals surface area contributed by atoms with Gasteiger partial charge in [-0.15, -0.1) is 0 Å². The van der Waals surface area contributed by atoms with E-state index in [4.69, 9.17) is 16.7 Å². The molecule has 0 aromatic heterocycles. The van der Waals surface area contributed by atoms with Crippen molar-refractivity contribution in [1.82, 2.24) is 5.32 Å². The molecule has 1 aliphatic heterocycles. The molecule has 1 aromatic rings. The van der Waals surface area contributed by atoms with E-state index in [1.807, 2.05) is 6.07 Å². The van der Waals surface area contributed by atoms with Crippen LogP contribution in [0.3, 0.4) is 0 Å². The van der Waals surface area contributed by atoms with E-state index < -0.39 is 0 Å². The third-order valence-corrected chi connectivity index (χ3v) is 4.15. The molecule has 2 rings (SSSR count). The fourth-order valence-corrected chi connectivity index (χ4v) is 2.93. The third-order valence-electron chi connectivity index (χ3n) is 3.91. The molecule has 0 aliphatic carbocycles. The first kappa shape index (κ1) is 15.6. The maximum absolute atomic E-state index is 9.08. The quantitative estimate of drug-likeness (QED) is 0.847. The summed E-state index contributed by atoms with van der Waals surface area (Å²) >= 11 is 6.17. The van der Waals surface area contributed by atoms with Gasteiger partial charge in [0.25, 0.3) is 0 Å². The van der Waals surface area contributed by atoms with Crippen LogP contribution in [0.4, 0.5) is 5.69 Å². The first-order chi connectivity index (χ1) is 9.60. The van der Waals surface area contributed by atoms with Crippen molar-refractivity contribution in [2.45, 2.75) is 39.3 Å². The summed E-state index contributed by atoms with van der Waals surface area (Å²) in [5.41, 5.74) is 2.54. The zero-order valence-corrected chi connectivity index (χ0v) is 13.2. The summed E-state index contributed by atoms with van der Waals surface area (Å²) in [6, 6.07) is 6.62. The van der Waals surface area contributed by atoms with Gasteiger partial charge in [-0.05, 0) is 36.5 Å². The second-order valence-electron chi connectivity index (χ2n) is 5.92. The highest BCUT2D eigenvalue weighted by Crippen LogP contribution is 2.30. The van der Waals surface area contributed by atoms with Crippen LogP contribution >= 0.6 is 11.6 Å². The Labute approximate surface area is 126 Å². The van der Waals surface area contributed by atoms with Gasteiger partial charge in [0.05, 0.1) is 0 Å². The van der Waals surface area contributed by atoms with Crippen molar-refractivity contribution in [2.24, 2.45) is 5.92 Å². The number of aliphatic hydroxyl groups excluding tert-OH is 1. The molecule has 1 unspecified atom stereocenters. The van der Waals surface area contributed by atoms with Crippen molar-refractivity contribution in [2.75, 3.05) is 24.6 Å². The lowest BCUT2D eigenvalue weighted by Crippen LogP contribution is -2.25. The SMILES string of the molecule is CC(C)NCc1ccc(Cl)cc1N1CCC(CCO)C1. The maximum Gasteiger partial charge on any atom is 0.0434 e. The van der Waals surface area contributed by atoms with E-state index >= 15 is 0 Å². The second kappa shape index (κ2) is 7.30. The summed E-state index contributed by atoms with van der Waals surface area (Å²) in [4.78, 5) is 2.41. The van der Waals surface area contributed by atoms with Crippen molar-refractivity contribution < 1.29 is 5.11 Å². The average Bonchev–Trinajstić information content (AvgIpc) is 2.86. The summed E-state index contributed by atoms with van der Waals surface area (Å²) in [7, 11) is 0. The molecule has 1 aliphatic rings. The van der Waals surface area contributed by atoms with Crippen LogP contribution in [0.5, 0.6) is 0 Å². The summed E-state index contributed by atoms with van der Waals surface area (Å²) in [6.07, 6.45) is 2.06. The number of nitrogens with one attached hydrogen (secondary N) is 1. The Bertz CT molecular complexity index is 436. The van der Waals surface area contributed by atoms with Crippen LogP contribution in [0.25, 0.3) is 0 Å². The lowest BCUT2D eigenvalue weighted by atomic mass is 10.1. The molecule has 0 saturated carbocycles. The summed E-state index contributed by atoms with van der Waals surface area (Å²) in [5, 5.41) is 13.3. The molecule has 0 spiro atoms. The van der Waals surface area contributed by atoms with Gasteiger partial charge in [0.2, 0.25) is 0 Å². The van der Waals surface area contributed by atoms with Crippen molar-refractivity contribution >= 4 is 17.3 Å². The van der Waals surface area contributed by atoms with Gasteiger partial charge in [-0.2, -0.15) is 0 Å². The van der Waals surface area contributed by atoms with Crippen LogP contribution in [0.2, 0.25) is 5.02 Å². The zero-order valence-electron chi connectivity index (χ0n) is 12.4. The van der Waals surface area contributed by atoms with E-state index in [9.17, 15) is 0 Å². The predicted molar refractivity (Wildman–Crippen MR) is 85.5 cm³/mol. The summed E-state index contributed by atoms with van der Waals surface area (Å²) in [6.45, 7) is 7.54. The first-order valence-corrected chi connectivity index (χ1v) is 7.85. The zero-order chi connectivity index (χ0) is 14.5. The van der Waals surface area contributed by atoms with Gasteiger partial charge in [-0.3, -0.25) is 0 Å². The fraction of sp³-hybridized carbons (Fsp3) is 0.625. The minimum Gasteiger partial charge on any atom is -0.396 e. The molecule has 1 heterocycles. The standard InChI is InChI=1S/C16H25ClN2O/c1-12(2)18-10-14-3-4-15(17)9-16(14)19-7-5-13(11-19)6-8-20/h3-4,9,12-13,18,20H,5-8,10-11H2,1-2H3. The van der Waals surface area contributed by atoms with E-state index in [1.165, 1.54) is 11.3 Å². The number of anilines is 1. The minimum absolute atomic E-state index is 0.288. The number of benzene rings is 1. The smallest absolute Gasteiger partial charge is 0.0434 e. The Morgan fingerprint density at radius 2 is 2.25 bits per heavy atom. The number of aliphatic hydroxyl groups is 1. The van der Waals surface area contributed by atoms with Crippen LogP contribution in [0.1, 0.15) is 32.3 Å². The molecule has 0 amide bonds. The topological polar surface area (TPSA) is 35.5 Å². The molecule has 112 valence electrons. The van der Waals surface area contributed by atoms with Crippen LogP contribution in [0, 0.1) is 5.92 Å². The van der Waals surface area contributed by atoms with Crippen LogP contribution in [-0.4, -0.2) is 30.8 Å². The van der Waals surface area contributed by atoms with E-state index in [-0.39, 0.29) is 6.61 Å². The lowest BCUT2D eigenvalue weighted by Gasteiger charge is -2.23. The highest BCUT2D eigenvalue weighted by atomic mass is 35.5. The number of hydrogen-bond acceptors (Lipinski definition) is 3. The first-order valence-electron chi connectivity index (χ1n) is 7.47. The lowest BCUT2D eigenvalue weighted by molar-refractivity contribution is 0.263. The van der Waals surface area contributed by atoms with Crippen molar-refractivity contribution in [3.05, 3.63) is 28.8 Å². The number of halogens is 1. The molecule has 20 heavy (non-hydrogen) atoms. The van der Waals surface area contributed by atoms with Crippen molar-refractivity contribution in [1.29, 1.82) is 0 Å². The molecule has 0 bridgehead atoms. The van der Waals surface area contributed by atoms with E-state index in [1.54, 1.807) is 0 Å². The van der Waals surface area contributed by atoms with Crippen LogP contribution in [-0.2, 0) is 6.54 Å². The molecule has 4 heteroatoms. The Morgan fingerprint density at radius 1 is 1.45 bits per heavy atom. The third kappa shape index (κ3) is 4.11. The van der Waals surface area contributed by atoms with Crippen molar-refractivity contribution in [3.63, 3.8) is 0 Å². The normalized spacial score (nSPS) is 19.1. The Balaban J connectivity index is 2.11. The monoisotopic (exact) mass is 296 g/mol. The molecule has 1 aromatic carbocycles. The highest BCUT2D eigenvalue weighted by molar-refractivity contribution is 6.30. The van der Waals surface area contributed by atoms with Gasteiger partial charge in [-0.25, -0.2) is 0 Å². The van der Waals surface area contributed by atoms with Crippen LogP contribution in [0.15, 0.2) is 18.2 Å². The second-order valence-corrected chi connectivity index (χ2v) is 6.36. The van der Waals surface area contributed by atoms with Gasteiger partial charge in [0, 0.05) is 43.0 Å². The fourth-order valence-electron chi connectivity index (χ4n) is 2.76. The molecule has 1 atom stereocenters. The molecule has 3 nitrogen and oxygen atoms in total. The number of rotatable bonds is 6. The van der Waals surface area contributed by atoms with Gasteiger partial charge in [-0.1, -0.05) is 31.5 Å². The van der Waals surface area contributed by atoms with E-state index in [2.05, 4.69) is 36.2 Å². The number of hydrogen-bond donors (Lipinski definition) is 2. The average molecular weight is 297 g/mol. The molecule has 1 fully saturated rings. The summed E-state index contributed by atoms with van der Waals surface area (Å²) in [5.74, 6) is 0.602. The number of nitrogens with zero attached hydrogens (tertiary/aromatic N) is 1. The molecular formula is C16H25ClN2O. The van der Waals surface area contributed by atoms with Gasteiger partial charge in [0.1, 0.15) is 0 Å². The highest BCUT2D eigenvalue weighted by Gasteiger charge is 2.23. The van der Waals surface area contributed by atoms with Gasteiger partial charge in [0.15, 0.2) is 0 Å². The van der Waals surface area contributed by atoms with Crippen molar-refractivity contribution in [3.8, 4) is 0 Å². The van der Waals surface area contributed by atoms with Crippen LogP contribution < -0.4 is 10.2 Å². The molecular weight excluding hydrogens is 272 g/mol. The van der Waals surface area contributed by atoms with Gasteiger partial charge >= 0.3 is 0 Å². The largest absolute Gasteiger partial charge is 0.396 e. The molecule has 0 radical (unpaired) electrons. The van der Waals surface area contributed by atoms with E-state index in [0.717, 1.165) is 37.5 Å². The summed E-state index contributed by atoms with van der Waals surface area (Å²) < 4.78 is 0. The minimum atomic E-state index is 0.288. The Hall–Kier alpha value is -0.770. The molecule has 2 N–H and O–H groups in total. The van der Waals surface area contributed by atoms with E-state index in [0.29, 0.717) is 12.0 Å². The van der Waals surface area contributed by atoms with Gasteiger partial charge < -0.3 is 15.3 Å². The predicted octanol–water partition coefficient (Wildman–Crippen LogP) is 3.05.